The highest BCUT2D eigenvalue weighted by Crippen LogP contribution is 2.33. The topological polar surface area (TPSA) is 66.2 Å². The van der Waals surface area contributed by atoms with E-state index in [1.54, 1.807) is 6.92 Å². The van der Waals surface area contributed by atoms with Crippen LogP contribution in [0, 0.1) is 0 Å². The molecule has 0 atom stereocenters. The summed E-state index contributed by atoms with van der Waals surface area (Å²) >= 11 is 1.34. The standard InChI is InChI=1S/C22H25N3O3S/c1-4-27-20(26)22(2,3)29-21-24-23-19(16-28-18-13-9-6-10-14-18)25(21)15-17-11-7-5-8-12-17/h5-14H,4,15-16H2,1-3H3. The molecule has 0 N–H and O–H groups in total. The van der Waals surface area contributed by atoms with Crippen LogP contribution in [0.5, 0.6) is 5.75 Å². The Hall–Kier alpha value is -2.80. The molecule has 29 heavy (non-hydrogen) atoms. The van der Waals surface area contributed by atoms with Gasteiger partial charge in [0, 0.05) is 0 Å². The number of para-hydroxylation sites is 1. The van der Waals surface area contributed by atoms with E-state index in [1.165, 1.54) is 11.8 Å². The third-order valence-corrected chi connectivity index (χ3v) is 5.36. The SMILES string of the molecule is CCOC(=O)C(C)(C)Sc1nnc(COc2ccccc2)n1Cc1ccccc1. The fraction of sp³-hybridized carbons (Fsp3) is 0.318. The van der Waals surface area contributed by atoms with Crippen molar-refractivity contribution in [1.29, 1.82) is 0 Å². The number of nitrogens with zero attached hydrogens (tertiary/aromatic N) is 3. The lowest BCUT2D eigenvalue weighted by Gasteiger charge is -2.21. The first-order chi connectivity index (χ1) is 14.0. The van der Waals surface area contributed by atoms with Gasteiger partial charge < -0.3 is 9.47 Å². The van der Waals surface area contributed by atoms with Crippen LogP contribution < -0.4 is 4.74 Å². The molecule has 0 amide bonds. The maximum atomic E-state index is 12.3. The minimum absolute atomic E-state index is 0.277. The van der Waals surface area contributed by atoms with Crippen LogP contribution in [0.15, 0.2) is 65.8 Å². The molecule has 0 aliphatic carbocycles. The molecule has 0 unspecified atom stereocenters. The van der Waals surface area contributed by atoms with Gasteiger partial charge in [0.15, 0.2) is 11.0 Å². The molecule has 0 saturated carbocycles. The average Bonchev–Trinajstić information content (AvgIpc) is 3.09. The summed E-state index contributed by atoms with van der Waals surface area (Å²) in [6.07, 6.45) is 0. The Balaban J connectivity index is 1.85. The van der Waals surface area contributed by atoms with Gasteiger partial charge in [-0.1, -0.05) is 60.3 Å². The predicted octanol–water partition coefficient (Wildman–Crippen LogP) is 4.34. The van der Waals surface area contributed by atoms with Crippen LogP contribution in [-0.2, 0) is 22.7 Å². The minimum atomic E-state index is -0.783. The lowest BCUT2D eigenvalue weighted by molar-refractivity contribution is -0.145. The number of ether oxygens (including phenoxy) is 2. The molecule has 152 valence electrons. The Morgan fingerprint density at radius 1 is 1.03 bits per heavy atom. The van der Waals surface area contributed by atoms with Crippen LogP contribution in [-0.4, -0.2) is 32.1 Å². The summed E-state index contributed by atoms with van der Waals surface area (Å²) < 4.78 is 12.3. The van der Waals surface area contributed by atoms with Gasteiger partial charge in [0.1, 0.15) is 17.1 Å². The third-order valence-electron chi connectivity index (χ3n) is 4.20. The number of carbonyl (C=O) groups is 1. The normalized spacial score (nSPS) is 11.3. The maximum absolute atomic E-state index is 12.3. The van der Waals surface area contributed by atoms with Crippen LogP contribution in [0.1, 0.15) is 32.2 Å². The number of thioether (sulfide) groups is 1. The molecule has 3 aromatic rings. The van der Waals surface area contributed by atoms with Crippen LogP contribution >= 0.6 is 11.8 Å². The minimum Gasteiger partial charge on any atom is -0.486 e. The van der Waals surface area contributed by atoms with Crippen molar-refractivity contribution in [2.75, 3.05) is 6.61 Å². The van der Waals surface area contributed by atoms with E-state index in [1.807, 2.05) is 79.1 Å². The first-order valence-electron chi connectivity index (χ1n) is 9.49. The van der Waals surface area contributed by atoms with Crippen LogP contribution in [0.3, 0.4) is 0 Å². The van der Waals surface area contributed by atoms with Crippen molar-refractivity contribution < 1.29 is 14.3 Å². The molecular formula is C22H25N3O3S. The highest BCUT2D eigenvalue weighted by atomic mass is 32.2. The Kier molecular flexibility index (Phi) is 6.93. The first-order valence-corrected chi connectivity index (χ1v) is 10.3. The summed E-state index contributed by atoms with van der Waals surface area (Å²) in [6, 6.07) is 19.7. The first kappa shape index (κ1) is 20.9. The van der Waals surface area contributed by atoms with Crippen molar-refractivity contribution in [3.8, 4) is 5.75 Å². The third kappa shape index (κ3) is 5.60. The van der Waals surface area contributed by atoms with Gasteiger partial charge in [0.2, 0.25) is 0 Å². The van der Waals surface area contributed by atoms with E-state index >= 15 is 0 Å². The summed E-state index contributed by atoms with van der Waals surface area (Å²) in [5.41, 5.74) is 1.11. The fourth-order valence-electron chi connectivity index (χ4n) is 2.67. The lowest BCUT2D eigenvalue weighted by atomic mass is 10.2. The lowest BCUT2D eigenvalue weighted by Crippen LogP contribution is -2.30. The van der Waals surface area contributed by atoms with Gasteiger partial charge in [-0.05, 0) is 38.5 Å². The van der Waals surface area contributed by atoms with Gasteiger partial charge >= 0.3 is 5.97 Å². The van der Waals surface area contributed by atoms with E-state index in [9.17, 15) is 4.79 Å². The molecule has 0 aliphatic rings. The number of carbonyl (C=O) groups excluding carboxylic acids is 1. The quantitative estimate of drug-likeness (QED) is 0.385. The molecule has 2 aromatic carbocycles. The molecule has 6 nitrogen and oxygen atoms in total. The average molecular weight is 412 g/mol. The number of aromatic nitrogens is 3. The molecule has 0 spiro atoms. The van der Waals surface area contributed by atoms with Gasteiger partial charge in [-0.2, -0.15) is 0 Å². The molecule has 0 radical (unpaired) electrons. The summed E-state index contributed by atoms with van der Waals surface area (Å²) in [4.78, 5) is 12.3. The van der Waals surface area contributed by atoms with E-state index in [2.05, 4.69) is 10.2 Å². The molecule has 3 rings (SSSR count). The molecule has 0 bridgehead atoms. The molecule has 7 heteroatoms. The zero-order valence-electron chi connectivity index (χ0n) is 16.9. The Bertz CT molecular complexity index is 927. The monoisotopic (exact) mass is 411 g/mol. The Morgan fingerprint density at radius 2 is 1.69 bits per heavy atom. The van der Waals surface area contributed by atoms with Crippen molar-refractivity contribution in [1.82, 2.24) is 14.8 Å². The second-order valence-electron chi connectivity index (χ2n) is 6.91. The number of esters is 1. The predicted molar refractivity (Wildman–Crippen MR) is 113 cm³/mol. The second kappa shape index (κ2) is 9.60. The van der Waals surface area contributed by atoms with Gasteiger partial charge in [0.25, 0.3) is 0 Å². The number of hydrogen-bond donors (Lipinski definition) is 0. The van der Waals surface area contributed by atoms with Crippen molar-refractivity contribution in [2.24, 2.45) is 0 Å². The second-order valence-corrected chi connectivity index (χ2v) is 8.50. The van der Waals surface area contributed by atoms with Crippen molar-refractivity contribution in [2.45, 2.75) is 43.8 Å². The summed E-state index contributed by atoms with van der Waals surface area (Å²) in [5.74, 6) is 1.18. The van der Waals surface area contributed by atoms with Gasteiger partial charge in [0.05, 0.1) is 13.2 Å². The molecule has 0 saturated heterocycles. The van der Waals surface area contributed by atoms with E-state index in [4.69, 9.17) is 9.47 Å². The van der Waals surface area contributed by atoms with E-state index in [0.29, 0.717) is 24.1 Å². The Morgan fingerprint density at radius 3 is 2.34 bits per heavy atom. The summed E-state index contributed by atoms with van der Waals surface area (Å²) in [7, 11) is 0. The summed E-state index contributed by atoms with van der Waals surface area (Å²) in [6.45, 7) is 6.67. The van der Waals surface area contributed by atoms with E-state index < -0.39 is 4.75 Å². The smallest absolute Gasteiger partial charge is 0.322 e. The molecule has 0 fully saturated rings. The molecular weight excluding hydrogens is 386 g/mol. The number of benzene rings is 2. The van der Waals surface area contributed by atoms with Crippen molar-refractivity contribution in [3.05, 3.63) is 72.1 Å². The van der Waals surface area contributed by atoms with Gasteiger partial charge in [-0.25, -0.2) is 0 Å². The van der Waals surface area contributed by atoms with Crippen molar-refractivity contribution in [3.63, 3.8) is 0 Å². The molecule has 1 aromatic heterocycles. The van der Waals surface area contributed by atoms with Crippen LogP contribution in [0.2, 0.25) is 0 Å². The number of hydrogen-bond acceptors (Lipinski definition) is 6. The molecule has 0 aliphatic heterocycles. The molecule has 1 heterocycles. The van der Waals surface area contributed by atoms with Crippen LogP contribution in [0.4, 0.5) is 0 Å². The highest BCUT2D eigenvalue weighted by molar-refractivity contribution is 8.01. The highest BCUT2D eigenvalue weighted by Gasteiger charge is 2.33. The number of rotatable bonds is 9. The van der Waals surface area contributed by atoms with Crippen molar-refractivity contribution >= 4 is 17.7 Å². The van der Waals surface area contributed by atoms with E-state index in [0.717, 1.165) is 11.3 Å². The van der Waals surface area contributed by atoms with Gasteiger partial charge in [-0.15, -0.1) is 10.2 Å². The maximum Gasteiger partial charge on any atom is 0.322 e. The van der Waals surface area contributed by atoms with Gasteiger partial charge in [-0.3, -0.25) is 9.36 Å². The largest absolute Gasteiger partial charge is 0.486 e. The Labute approximate surface area is 175 Å². The zero-order chi connectivity index (χ0) is 20.7. The zero-order valence-corrected chi connectivity index (χ0v) is 17.7. The van der Waals surface area contributed by atoms with E-state index in [-0.39, 0.29) is 12.6 Å². The summed E-state index contributed by atoms with van der Waals surface area (Å²) in [5, 5.41) is 9.32. The van der Waals surface area contributed by atoms with Crippen LogP contribution in [0.25, 0.3) is 0 Å². The fourth-order valence-corrected chi connectivity index (χ4v) is 3.63.